The fourth-order valence-corrected chi connectivity index (χ4v) is 4.44. The Hall–Kier alpha value is -3.90. The van der Waals surface area contributed by atoms with Crippen LogP contribution in [-0.4, -0.2) is 0 Å². The molecule has 0 aliphatic heterocycles. The molecule has 0 bridgehead atoms. The minimum absolute atomic E-state index is 1.05. The van der Waals surface area contributed by atoms with Crippen LogP contribution in [0.2, 0.25) is 0 Å². The van der Waals surface area contributed by atoms with Crippen LogP contribution in [0, 0.1) is 13.8 Å². The Labute approximate surface area is 203 Å². The monoisotopic (exact) mass is 438 g/mol. The summed E-state index contributed by atoms with van der Waals surface area (Å²) in [5, 5.41) is 0. The van der Waals surface area contributed by atoms with Crippen molar-refractivity contribution in [2.24, 2.45) is 0 Å². The van der Waals surface area contributed by atoms with Gasteiger partial charge in [0, 0.05) is 0 Å². The molecule has 5 aromatic rings. The first kappa shape index (κ1) is 21.9. The second-order valence-electron chi connectivity index (χ2n) is 9.21. The van der Waals surface area contributed by atoms with Gasteiger partial charge in [-0.2, -0.15) is 0 Å². The Morgan fingerprint density at radius 1 is 0.353 bits per heavy atom. The summed E-state index contributed by atoms with van der Waals surface area (Å²) in [7, 11) is 0. The summed E-state index contributed by atoms with van der Waals surface area (Å²) >= 11 is 0. The third-order valence-electron chi connectivity index (χ3n) is 6.56. The molecule has 0 atom stereocenters. The molecule has 0 spiro atoms. The molecule has 0 radical (unpaired) electrons. The highest BCUT2D eigenvalue weighted by Gasteiger charge is 2.03. The molecule has 0 aliphatic carbocycles. The van der Waals surface area contributed by atoms with E-state index in [0.717, 1.165) is 12.8 Å². The molecule has 0 N–H and O–H groups in total. The SMILES string of the molecule is Cc1ccc(-c2ccc(-c3ccc(CCc4ccc(-c5cccc(C)c5)cc4)cc3)cc2)cc1. The molecule has 34 heavy (non-hydrogen) atoms. The first-order valence-corrected chi connectivity index (χ1v) is 12.1. The average Bonchev–Trinajstić information content (AvgIpc) is 2.89. The minimum Gasteiger partial charge on any atom is -0.0614 e. The highest BCUT2D eigenvalue weighted by Crippen LogP contribution is 2.26. The molecule has 0 saturated heterocycles. The van der Waals surface area contributed by atoms with Crippen molar-refractivity contribution in [3.05, 3.63) is 144 Å². The summed E-state index contributed by atoms with van der Waals surface area (Å²) in [5.41, 5.74) is 13.0. The number of benzene rings is 5. The fourth-order valence-electron chi connectivity index (χ4n) is 4.44. The lowest BCUT2D eigenvalue weighted by Gasteiger charge is -2.08. The number of hydrogen-bond donors (Lipinski definition) is 0. The van der Waals surface area contributed by atoms with Gasteiger partial charge in [-0.15, -0.1) is 0 Å². The Balaban J connectivity index is 1.21. The Morgan fingerprint density at radius 2 is 0.735 bits per heavy atom. The van der Waals surface area contributed by atoms with Gasteiger partial charge in [0.05, 0.1) is 0 Å². The molecule has 0 amide bonds. The summed E-state index contributed by atoms with van der Waals surface area (Å²) in [6.07, 6.45) is 2.11. The molecule has 5 rings (SSSR count). The molecule has 0 saturated carbocycles. The quantitative estimate of drug-likeness (QED) is 0.248. The maximum absolute atomic E-state index is 2.27. The van der Waals surface area contributed by atoms with Crippen LogP contribution in [0.15, 0.2) is 121 Å². The van der Waals surface area contributed by atoms with Crippen molar-refractivity contribution < 1.29 is 0 Å². The van der Waals surface area contributed by atoms with Crippen molar-refractivity contribution in [1.29, 1.82) is 0 Å². The van der Waals surface area contributed by atoms with Crippen molar-refractivity contribution in [3.8, 4) is 33.4 Å². The predicted octanol–water partition coefficient (Wildman–Crippen LogP) is 9.09. The van der Waals surface area contributed by atoms with E-state index in [0.29, 0.717) is 0 Å². The Kier molecular flexibility index (Phi) is 6.40. The van der Waals surface area contributed by atoms with Crippen molar-refractivity contribution in [3.63, 3.8) is 0 Å². The first-order valence-electron chi connectivity index (χ1n) is 12.1. The summed E-state index contributed by atoms with van der Waals surface area (Å²) in [5.74, 6) is 0. The third-order valence-corrected chi connectivity index (χ3v) is 6.56. The molecule has 5 aromatic carbocycles. The third kappa shape index (κ3) is 5.18. The minimum atomic E-state index is 1.05. The van der Waals surface area contributed by atoms with Gasteiger partial charge in [0.2, 0.25) is 0 Å². The molecule has 166 valence electrons. The summed E-state index contributed by atoms with van der Waals surface area (Å²) in [6.45, 7) is 4.27. The smallest absolute Gasteiger partial charge is 0.0181 e. The van der Waals surface area contributed by atoms with E-state index in [9.17, 15) is 0 Å². The van der Waals surface area contributed by atoms with E-state index in [2.05, 4.69) is 135 Å². The van der Waals surface area contributed by atoms with Crippen LogP contribution < -0.4 is 0 Å². The highest BCUT2D eigenvalue weighted by molar-refractivity contribution is 5.70. The van der Waals surface area contributed by atoms with Gasteiger partial charge < -0.3 is 0 Å². The predicted molar refractivity (Wildman–Crippen MR) is 146 cm³/mol. The lowest BCUT2D eigenvalue weighted by atomic mass is 9.97. The zero-order valence-electron chi connectivity index (χ0n) is 20.0. The number of rotatable bonds is 6. The van der Waals surface area contributed by atoms with Gasteiger partial charge in [0.1, 0.15) is 0 Å². The van der Waals surface area contributed by atoms with Crippen LogP contribution in [0.3, 0.4) is 0 Å². The Morgan fingerprint density at radius 3 is 1.18 bits per heavy atom. The lowest BCUT2D eigenvalue weighted by molar-refractivity contribution is 0.961. The van der Waals surface area contributed by atoms with E-state index in [1.807, 2.05) is 0 Å². The largest absolute Gasteiger partial charge is 0.0614 e. The second kappa shape index (κ2) is 9.93. The van der Waals surface area contributed by atoms with Crippen LogP contribution in [0.4, 0.5) is 0 Å². The molecular formula is C34H30. The topological polar surface area (TPSA) is 0 Å². The maximum atomic E-state index is 2.27. The summed E-state index contributed by atoms with van der Waals surface area (Å²) in [4.78, 5) is 0. The van der Waals surface area contributed by atoms with E-state index in [1.54, 1.807) is 0 Å². The van der Waals surface area contributed by atoms with Crippen molar-refractivity contribution in [2.45, 2.75) is 26.7 Å². The van der Waals surface area contributed by atoms with Crippen molar-refractivity contribution >= 4 is 0 Å². The van der Waals surface area contributed by atoms with E-state index in [4.69, 9.17) is 0 Å². The molecule has 0 fully saturated rings. The molecule has 0 aromatic heterocycles. The first-order chi connectivity index (χ1) is 16.6. The van der Waals surface area contributed by atoms with E-state index < -0.39 is 0 Å². The van der Waals surface area contributed by atoms with Gasteiger partial charge in [-0.05, 0) is 71.2 Å². The van der Waals surface area contributed by atoms with E-state index >= 15 is 0 Å². The van der Waals surface area contributed by atoms with E-state index in [1.165, 1.54) is 55.6 Å². The molecule has 0 heteroatoms. The summed E-state index contributed by atoms with van der Waals surface area (Å²) < 4.78 is 0. The highest BCUT2D eigenvalue weighted by atomic mass is 14.1. The van der Waals surface area contributed by atoms with Crippen LogP contribution >= 0.6 is 0 Å². The fraction of sp³-hybridized carbons (Fsp3) is 0.118. The van der Waals surface area contributed by atoms with Crippen molar-refractivity contribution in [2.75, 3.05) is 0 Å². The molecule has 0 nitrogen and oxygen atoms in total. The van der Waals surface area contributed by atoms with Crippen LogP contribution in [0.5, 0.6) is 0 Å². The zero-order chi connectivity index (χ0) is 23.3. The van der Waals surface area contributed by atoms with Crippen LogP contribution in [0.25, 0.3) is 33.4 Å². The van der Waals surface area contributed by atoms with Gasteiger partial charge >= 0.3 is 0 Å². The number of aryl methyl sites for hydroxylation is 4. The normalized spacial score (nSPS) is 10.9. The molecular weight excluding hydrogens is 408 g/mol. The Bertz CT molecular complexity index is 1350. The van der Waals surface area contributed by atoms with Gasteiger partial charge in [-0.25, -0.2) is 0 Å². The number of hydrogen-bond acceptors (Lipinski definition) is 0. The second-order valence-corrected chi connectivity index (χ2v) is 9.21. The van der Waals surface area contributed by atoms with Crippen molar-refractivity contribution in [1.82, 2.24) is 0 Å². The molecule has 0 aliphatic rings. The van der Waals surface area contributed by atoms with Crippen LogP contribution in [-0.2, 0) is 12.8 Å². The standard InChI is InChI=1S/C34H30/c1-25-6-14-29(15-7-25)31-20-22-32(23-21-31)30-16-10-27(11-17-30)8-9-28-12-18-33(19-13-28)34-5-3-4-26(2)24-34/h3-7,10-24H,8-9H2,1-2H3. The zero-order valence-corrected chi connectivity index (χ0v) is 20.0. The summed E-state index contributed by atoms with van der Waals surface area (Å²) in [6, 6.07) is 44.3. The van der Waals surface area contributed by atoms with Gasteiger partial charge in [0.25, 0.3) is 0 Å². The van der Waals surface area contributed by atoms with E-state index in [-0.39, 0.29) is 0 Å². The molecule has 0 heterocycles. The average molecular weight is 439 g/mol. The van der Waals surface area contributed by atoms with Gasteiger partial charge in [-0.1, -0.05) is 132 Å². The van der Waals surface area contributed by atoms with Crippen LogP contribution in [0.1, 0.15) is 22.3 Å². The molecule has 0 unspecified atom stereocenters. The lowest BCUT2D eigenvalue weighted by Crippen LogP contribution is -1.92. The maximum Gasteiger partial charge on any atom is -0.0181 e. The van der Waals surface area contributed by atoms with Gasteiger partial charge in [-0.3, -0.25) is 0 Å². The van der Waals surface area contributed by atoms with Gasteiger partial charge in [0.15, 0.2) is 0 Å².